The van der Waals surface area contributed by atoms with Gasteiger partial charge in [-0.3, -0.25) is 4.79 Å². The summed E-state index contributed by atoms with van der Waals surface area (Å²) in [4.78, 5) is 20.4. The smallest absolute Gasteiger partial charge is 0.258 e. The Morgan fingerprint density at radius 1 is 0.707 bits per heavy atom. The van der Waals surface area contributed by atoms with Crippen molar-refractivity contribution >= 4 is 28.2 Å². The van der Waals surface area contributed by atoms with Crippen LogP contribution in [0.1, 0.15) is 33.1 Å². The number of hydrogen-bond donors (Lipinski definition) is 1. The van der Waals surface area contributed by atoms with E-state index in [4.69, 9.17) is 0 Å². The number of benzene rings is 5. The molecule has 41 heavy (non-hydrogen) atoms. The molecule has 0 bridgehead atoms. The van der Waals surface area contributed by atoms with Crippen LogP contribution in [0, 0.1) is 5.82 Å². The van der Waals surface area contributed by atoms with E-state index in [-0.39, 0.29) is 24.3 Å². The molecule has 0 saturated carbocycles. The largest absolute Gasteiger partial charge is 0.359 e. The van der Waals surface area contributed by atoms with Crippen LogP contribution in [0.5, 0.6) is 0 Å². The maximum absolute atomic E-state index is 14.0. The van der Waals surface area contributed by atoms with Gasteiger partial charge in [0.25, 0.3) is 5.91 Å². The maximum atomic E-state index is 14.0. The lowest BCUT2D eigenvalue weighted by atomic mass is 9.99. The van der Waals surface area contributed by atoms with Crippen molar-refractivity contribution < 1.29 is 9.18 Å². The number of aromatic nitrogens is 1. The second-order valence-corrected chi connectivity index (χ2v) is 9.88. The van der Waals surface area contributed by atoms with Gasteiger partial charge >= 0.3 is 0 Å². The summed E-state index contributed by atoms with van der Waals surface area (Å²) in [5.74, 6) is 0.167. The van der Waals surface area contributed by atoms with Crippen LogP contribution in [0.2, 0.25) is 0 Å². The SMILES string of the molecule is O=C(c1ccc2ccccc2c1)N(Cc1ccc(F)cc1)c1ccnc(NC(c2ccccc2)c2ccccc2)c1. The molecule has 5 heteroatoms. The highest BCUT2D eigenvalue weighted by Gasteiger charge is 2.21. The van der Waals surface area contributed by atoms with Crippen LogP contribution in [0.4, 0.5) is 15.9 Å². The highest BCUT2D eigenvalue weighted by Crippen LogP contribution is 2.29. The van der Waals surface area contributed by atoms with Gasteiger partial charge in [-0.05, 0) is 57.8 Å². The molecule has 0 fully saturated rings. The summed E-state index contributed by atoms with van der Waals surface area (Å²) < 4.78 is 13.7. The molecule has 0 saturated heterocycles. The summed E-state index contributed by atoms with van der Waals surface area (Å²) in [7, 11) is 0. The van der Waals surface area contributed by atoms with E-state index in [1.54, 1.807) is 23.2 Å². The van der Waals surface area contributed by atoms with Crippen molar-refractivity contribution in [2.75, 3.05) is 10.2 Å². The molecule has 4 nitrogen and oxygen atoms in total. The summed E-state index contributed by atoms with van der Waals surface area (Å²) >= 11 is 0. The molecule has 0 unspecified atom stereocenters. The van der Waals surface area contributed by atoms with E-state index in [1.165, 1.54) is 12.1 Å². The Kier molecular flexibility index (Phi) is 7.50. The molecule has 1 amide bonds. The first-order valence-corrected chi connectivity index (χ1v) is 13.5. The number of nitrogens with one attached hydrogen (secondary N) is 1. The third-order valence-electron chi connectivity index (χ3n) is 7.11. The zero-order valence-electron chi connectivity index (χ0n) is 22.3. The fourth-order valence-corrected chi connectivity index (χ4v) is 5.00. The van der Waals surface area contributed by atoms with Gasteiger partial charge < -0.3 is 10.2 Å². The van der Waals surface area contributed by atoms with E-state index in [9.17, 15) is 9.18 Å². The van der Waals surface area contributed by atoms with Gasteiger partial charge in [0.1, 0.15) is 11.6 Å². The molecule has 0 aliphatic carbocycles. The predicted octanol–water partition coefficient (Wildman–Crippen LogP) is 8.42. The van der Waals surface area contributed by atoms with Gasteiger partial charge in [-0.25, -0.2) is 9.37 Å². The Morgan fingerprint density at radius 3 is 2.02 bits per heavy atom. The van der Waals surface area contributed by atoms with Crippen molar-refractivity contribution in [1.82, 2.24) is 4.98 Å². The number of rotatable bonds is 8. The summed E-state index contributed by atoms with van der Waals surface area (Å²) in [5, 5.41) is 5.64. The Morgan fingerprint density at radius 2 is 1.34 bits per heavy atom. The molecule has 0 spiro atoms. The second-order valence-electron chi connectivity index (χ2n) is 9.88. The first kappa shape index (κ1) is 26.0. The number of hydrogen-bond acceptors (Lipinski definition) is 3. The Labute approximate surface area is 238 Å². The van der Waals surface area contributed by atoms with E-state index < -0.39 is 0 Å². The van der Waals surface area contributed by atoms with E-state index in [1.807, 2.05) is 91.0 Å². The van der Waals surface area contributed by atoms with E-state index in [2.05, 4.69) is 34.6 Å². The topological polar surface area (TPSA) is 45.2 Å². The number of carbonyl (C=O) groups is 1. The lowest BCUT2D eigenvalue weighted by Gasteiger charge is -2.25. The number of fused-ring (bicyclic) bond motifs is 1. The zero-order valence-corrected chi connectivity index (χ0v) is 22.3. The summed E-state index contributed by atoms with van der Waals surface area (Å²) in [6.07, 6.45) is 1.70. The third-order valence-corrected chi connectivity index (χ3v) is 7.11. The van der Waals surface area contributed by atoms with Gasteiger partial charge in [0, 0.05) is 23.5 Å². The fourth-order valence-electron chi connectivity index (χ4n) is 5.00. The van der Waals surface area contributed by atoms with E-state index >= 15 is 0 Å². The van der Waals surface area contributed by atoms with Crippen molar-refractivity contribution in [3.63, 3.8) is 0 Å². The summed E-state index contributed by atoms with van der Waals surface area (Å²) in [6, 6.07) is 43.9. The van der Waals surface area contributed by atoms with Crippen LogP contribution in [-0.4, -0.2) is 10.9 Å². The Bertz CT molecular complexity index is 1730. The van der Waals surface area contributed by atoms with Crippen molar-refractivity contribution in [3.8, 4) is 0 Å². The molecule has 200 valence electrons. The third kappa shape index (κ3) is 5.99. The van der Waals surface area contributed by atoms with Crippen LogP contribution in [0.25, 0.3) is 10.8 Å². The number of nitrogens with zero attached hydrogens (tertiary/aromatic N) is 2. The molecule has 5 aromatic carbocycles. The van der Waals surface area contributed by atoms with Crippen LogP contribution in [0.3, 0.4) is 0 Å². The van der Waals surface area contributed by atoms with Gasteiger partial charge in [-0.1, -0.05) is 103 Å². The number of amides is 1. The second kappa shape index (κ2) is 11.8. The summed E-state index contributed by atoms with van der Waals surface area (Å²) in [6.45, 7) is 0.274. The fraction of sp³-hybridized carbons (Fsp3) is 0.0556. The Hall–Kier alpha value is -5.29. The van der Waals surface area contributed by atoms with Crippen LogP contribution in [-0.2, 0) is 6.54 Å². The lowest BCUT2D eigenvalue weighted by molar-refractivity contribution is 0.0985. The molecular weight excluding hydrogens is 509 g/mol. The standard InChI is InChI=1S/C36H28FN3O/c37-32-19-15-26(16-20-32)25-40(36(41)31-18-17-27-9-7-8-14-30(27)23-31)33-21-22-38-34(24-33)39-35(28-10-3-1-4-11-28)29-12-5-2-6-13-29/h1-24,35H,25H2,(H,38,39). The van der Waals surface area contributed by atoms with Gasteiger partial charge in [0.05, 0.1) is 12.6 Å². The van der Waals surface area contributed by atoms with E-state index in [0.29, 0.717) is 17.1 Å². The molecule has 1 aromatic heterocycles. The van der Waals surface area contributed by atoms with Crippen molar-refractivity contribution in [2.24, 2.45) is 0 Å². The molecule has 0 radical (unpaired) electrons. The normalized spacial score (nSPS) is 11.0. The highest BCUT2D eigenvalue weighted by molar-refractivity contribution is 6.08. The van der Waals surface area contributed by atoms with Crippen molar-refractivity contribution in [1.29, 1.82) is 0 Å². The van der Waals surface area contributed by atoms with Gasteiger partial charge in [0.15, 0.2) is 0 Å². The molecule has 6 aromatic rings. The maximum Gasteiger partial charge on any atom is 0.258 e. The van der Waals surface area contributed by atoms with Crippen LogP contribution in [0.15, 0.2) is 146 Å². The molecule has 6 rings (SSSR count). The average Bonchev–Trinajstić information content (AvgIpc) is 3.04. The van der Waals surface area contributed by atoms with Gasteiger partial charge in [-0.15, -0.1) is 0 Å². The minimum atomic E-state index is -0.315. The Balaban J connectivity index is 1.37. The molecule has 0 aliphatic heterocycles. The quantitative estimate of drug-likeness (QED) is 0.212. The van der Waals surface area contributed by atoms with Crippen LogP contribution >= 0.6 is 0 Å². The van der Waals surface area contributed by atoms with Crippen LogP contribution < -0.4 is 10.2 Å². The monoisotopic (exact) mass is 537 g/mol. The number of anilines is 2. The predicted molar refractivity (Wildman–Crippen MR) is 163 cm³/mol. The minimum absolute atomic E-state index is 0.137. The van der Waals surface area contributed by atoms with E-state index in [0.717, 1.165) is 27.5 Å². The lowest BCUT2D eigenvalue weighted by Crippen LogP contribution is -2.30. The van der Waals surface area contributed by atoms with Gasteiger partial charge in [-0.2, -0.15) is 0 Å². The first-order chi connectivity index (χ1) is 20.1. The van der Waals surface area contributed by atoms with Crippen molar-refractivity contribution in [3.05, 3.63) is 174 Å². The zero-order chi connectivity index (χ0) is 28.0. The summed E-state index contributed by atoms with van der Waals surface area (Å²) in [5.41, 5.74) is 4.27. The first-order valence-electron chi connectivity index (χ1n) is 13.5. The minimum Gasteiger partial charge on any atom is -0.359 e. The average molecular weight is 538 g/mol. The van der Waals surface area contributed by atoms with Gasteiger partial charge in [0.2, 0.25) is 0 Å². The number of carbonyl (C=O) groups excluding carboxylic acids is 1. The molecular formula is C36H28FN3O. The molecule has 0 aliphatic rings. The molecule has 1 heterocycles. The highest BCUT2D eigenvalue weighted by atomic mass is 19.1. The molecule has 1 N–H and O–H groups in total. The van der Waals surface area contributed by atoms with Crippen molar-refractivity contribution in [2.45, 2.75) is 12.6 Å². The molecule has 0 atom stereocenters. The number of halogens is 1. The number of pyridine rings is 1.